The lowest BCUT2D eigenvalue weighted by molar-refractivity contribution is 0.174. The van der Waals surface area contributed by atoms with Crippen molar-refractivity contribution in [2.75, 3.05) is 24.8 Å². The summed E-state index contributed by atoms with van der Waals surface area (Å²) in [7, 11) is 0. The molecule has 1 saturated heterocycles. The van der Waals surface area contributed by atoms with Gasteiger partial charge >= 0.3 is 0 Å². The first kappa shape index (κ1) is 15.1. The number of ether oxygens (including phenoxy) is 3. The van der Waals surface area contributed by atoms with E-state index in [1.165, 1.54) is 19.3 Å². The number of aryl methyl sites for hydroxylation is 1. The molecular formula is C18H21N3O3. The maximum absolute atomic E-state index is 5.89. The van der Waals surface area contributed by atoms with Gasteiger partial charge in [0, 0.05) is 24.8 Å². The number of nitrogens with zero attached hydrogens (tertiary/aromatic N) is 3. The van der Waals surface area contributed by atoms with Crippen LogP contribution in [-0.2, 0) is 6.61 Å². The van der Waals surface area contributed by atoms with Crippen LogP contribution in [0.1, 0.15) is 30.5 Å². The van der Waals surface area contributed by atoms with Gasteiger partial charge in [0.05, 0.1) is 0 Å². The molecule has 2 aliphatic rings. The van der Waals surface area contributed by atoms with Crippen molar-refractivity contribution < 1.29 is 14.2 Å². The molecule has 0 saturated carbocycles. The Bertz CT molecular complexity index is 729. The summed E-state index contributed by atoms with van der Waals surface area (Å²) in [6.07, 6.45) is 3.69. The van der Waals surface area contributed by atoms with Gasteiger partial charge in [-0.05, 0) is 43.9 Å². The second-order valence-electron chi connectivity index (χ2n) is 6.17. The topological polar surface area (TPSA) is 56.7 Å². The SMILES string of the molecule is Cc1cc(OCc2ccc3c(c2)OCO3)nc(N2CCCCC2)n1. The summed E-state index contributed by atoms with van der Waals surface area (Å²) in [5, 5.41) is 0. The molecule has 2 aliphatic heterocycles. The van der Waals surface area contributed by atoms with Gasteiger partial charge in [0.25, 0.3) is 0 Å². The Labute approximate surface area is 141 Å². The largest absolute Gasteiger partial charge is 0.473 e. The number of piperidine rings is 1. The highest BCUT2D eigenvalue weighted by atomic mass is 16.7. The highest BCUT2D eigenvalue weighted by molar-refractivity contribution is 5.44. The van der Waals surface area contributed by atoms with Crippen LogP contribution >= 0.6 is 0 Å². The van der Waals surface area contributed by atoms with Gasteiger partial charge in [-0.1, -0.05) is 6.07 Å². The van der Waals surface area contributed by atoms with Crippen LogP contribution < -0.4 is 19.1 Å². The number of rotatable bonds is 4. The van der Waals surface area contributed by atoms with Gasteiger partial charge in [0.1, 0.15) is 6.61 Å². The molecule has 126 valence electrons. The van der Waals surface area contributed by atoms with Crippen LogP contribution in [0, 0.1) is 6.92 Å². The zero-order chi connectivity index (χ0) is 16.4. The van der Waals surface area contributed by atoms with E-state index in [-0.39, 0.29) is 6.79 Å². The molecule has 0 aliphatic carbocycles. The van der Waals surface area contributed by atoms with Crippen molar-refractivity contribution in [3.63, 3.8) is 0 Å². The molecule has 6 nitrogen and oxygen atoms in total. The molecule has 0 spiro atoms. The number of hydrogen-bond acceptors (Lipinski definition) is 6. The monoisotopic (exact) mass is 327 g/mol. The lowest BCUT2D eigenvalue weighted by atomic mass is 10.1. The molecule has 0 N–H and O–H groups in total. The van der Waals surface area contributed by atoms with Crippen LogP contribution in [0.3, 0.4) is 0 Å². The van der Waals surface area contributed by atoms with Crippen molar-refractivity contribution >= 4 is 5.95 Å². The number of aromatic nitrogens is 2. The van der Waals surface area contributed by atoms with Crippen molar-refractivity contribution in [1.29, 1.82) is 0 Å². The smallest absolute Gasteiger partial charge is 0.231 e. The van der Waals surface area contributed by atoms with Crippen LogP contribution in [0.5, 0.6) is 17.4 Å². The maximum atomic E-state index is 5.89. The van der Waals surface area contributed by atoms with E-state index >= 15 is 0 Å². The first-order chi connectivity index (χ1) is 11.8. The second-order valence-corrected chi connectivity index (χ2v) is 6.17. The molecule has 6 heteroatoms. The van der Waals surface area contributed by atoms with E-state index in [4.69, 9.17) is 14.2 Å². The molecule has 1 aromatic heterocycles. The van der Waals surface area contributed by atoms with Crippen molar-refractivity contribution in [3.8, 4) is 17.4 Å². The standard InChI is InChI=1S/C18H21N3O3/c1-13-9-17(20-18(19-13)21-7-3-2-4-8-21)22-11-14-5-6-15-16(10-14)24-12-23-15/h5-6,9-10H,2-4,7-8,11-12H2,1H3. The molecule has 4 rings (SSSR count). The number of fused-ring (bicyclic) bond motifs is 1. The Morgan fingerprint density at radius 1 is 1.04 bits per heavy atom. The van der Waals surface area contributed by atoms with Crippen molar-refractivity contribution in [2.24, 2.45) is 0 Å². The number of benzene rings is 1. The first-order valence-electron chi connectivity index (χ1n) is 8.40. The van der Waals surface area contributed by atoms with Gasteiger partial charge in [0.2, 0.25) is 18.6 Å². The maximum Gasteiger partial charge on any atom is 0.231 e. The third kappa shape index (κ3) is 3.22. The molecule has 1 fully saturated rings. The van der Waals surface area contributed by atoms with E-state index in [9.17, 15) is 0 Å². The molecule has 0 amide bonds. The normalized spacial score (nSPS) is 16.3. The molecule has 3 heterocycles. The third-order valence-electron chi connectivity index (χ3n) is 4.28. The Morgan fingerprint density at radius 3 is 2.75 bits per heavy atom. The van der Waals surface area contributed by atoms with E-state index in [1.54, 1.807) is 0 Å². The second kappa shape index (κ2) is 6.55. The van der Waals surface area contributed by atoms with Crippen LogP contribution in [0.4, 0.5) is 5.95 Å². The summed E-state index contributed by atoms with van der Waals surface area (Å²) in [5.74, 6) is 2.93. The molecule has 0 radical (unpaired) electrons. The average Bonchev–Trinajstić information content (AvgIpc) is 3.08. The summed E-state index contributed by atoms with van der Waals surface area (Å²) in [6.45, 7) is 4.73. The predicted molar refractivity (Wildman–Crippen MR) is 89.7 cm³/mol. The molecule has 0 unspecified atom stereocenters. The summed E-state index contributed by atoms with van der Waals surface area (Å²) in [5.41, 5.74) is 1.95. The summed E-state index contributed by atoms with van der Waals surface area (Å²) in [4.78, 5) is 11.4. The first-order valence-corrected chi connectivity index (χ1v) is 8.40. The quantitative estimate of drug-likeness (QED) is 0.860. The molecule has 0 bridgehead atoms. The third-order valence-corrected chi connectivity index (χ3v) is 4.28. The summed E-state index contributed by atoms with van der Waals surface area (Å²) in [6, 6.07) is 7.71. The zero-order valence-electron chi connectivity index (χ0n) is 13.8. The lowest BCUT2D eigenvalue weighted by Crippen LogP contribution is -2.31. The van der Waals surface area contributed by atoms with Crippen molar-refractivity contribution in [2.45, 2.75) is 32.8 Å². The zero-order valence-corrected chi connectivity index (χ0v) is 13.8. The molecule has 1 aromatic carbocycles. The number of hydrogen-bond donors (Lipinski definition) is 0. The Kier molecular flexibility index (Phi) is 4.11. The van der Waals surface area contributed by atoms with Gasteiger partial charge < -0.3 is 19.1 Å². The summed E-state index contributed by atoms with van der Waals surface area (Å²) >= 11 is 0. The van der Waals surface area contributed by atoms with Gasteiger partial charge in [-0.2, -0.15) is 4.98 Å². The van der Waals surface area contributed by atoms with Gasteiger partial charge in [0.15, 0.2) is 11.5 Å². The molecular weight excluding hydrogens is 306 g/mol. The van der Waals surface area contributed by atoms with Crippen molar-refractivity contribution in [3.05, 3.63) is 35.5 Å². The Balaban J connectivity index is 1.47. The minimum absolute atomic E-state index is 0.282. The highest BCUT2D eigenvalue weighted by Crippen LogP contribution is 2.32. The summed E-state index contributed by atoms with van der Waals surface area (Å²) < 4.78 is 16.6. The minimum Gasteiger partial charge on any atom is -0.473 e. The fourth-order valence-corrected chi connectivity index (χ4v) is 3.02. The lowest BCUT2D eigenvalue weighted by Gasteiger charge is -2.27. The van der Waals surface area contributed by atoms with Gasteiger partial charge in [-0.3, -0.25) is 0 Å². The Morgan fingerprint density at radius 2 is 1.88 bits per heavy atom. The van der Waals surface area contributed by atoms with E-state index in [0.29, 0.717) is 12.5 Å². The fourth-order valence-electron chi connectivity index (χ4n) is 3.02. The van der Waals surface area contributed by atoms with Crippen LogP contribution in [-0.4, -0.2) is 29.9 Å². The van der Waals surface area contributed by atoms with Gasteiger partial charge in [-0.15, -0.1) is 0 Å². The number of anilines is 1. The van der Waals surface area contributed by atoms with Crippen LogP contribution in [0.25, 0.3) is 0 Å². The van der Waals surface area contributed by atoms with E-state index in [2.05, 4.69) is 14.9 Å². The fraction of sp³-hybridized carbons (Fsp3) is 0.444. The van der Waals surface area contributed by atoms with Crippen LogP contribution in [0.2, 0.25) is 0 Å². The molecule has 0 atom stereocenters. The average molecular weight is 327 g/mol. The Hall–Kier alpha value is -2.50. The van der Waals surface area contributed by atoms with Gasteiger partial charge in [-0.25, -0.2) is 4.98 Å². The van der Waals surface area contributed by atoms with E-state index in [1.807, 2.05) is 31.2 Å². The predicted octanol–water partition coefficient (Wildman–Crippen LogP) is 3.08. The van der Waals surface area contributed by atoms with Crippen LogP contribution in [0.15, 0.2) is 24.3 Å². The molecule has 2 aromatic rings. The molecule has 24 heavy (non-hydrogen) atoms. The highest BCUT2D eigenvalue weighted by Gasteiger charge is 2.16. The minimum atomic E-state index is 0.282. The van der Waals surface area contributed by atoms with Crippen molar-refractivity contribution in [1.82, 2.24) is 9.97 Å². The van der Waals surface area contributed by atoms with E-state index < -0.39 is 0 Å². The van der Waals surface area contributed by atoms with E-state index in [0.717, 1.165) is 41.8 Å².